The van der Waals surface area contributed by atoms with E-state index in [0.717, 1.165) is 37.7 Å². The molecule has 0 heterocycles. The van der Waals surface area contributed by atoms with E-state index in [1.165, 1.54) is 5.57 Å². The first-order valence-electron chi connectivity index (χ1n) is 7.17. The highest BCUT2D eigenvalue weighted by Crippen LogP contribution is 2.57. The van der Waals surface area contributed by atoms with Gasteiger partial charge in [-0.2, -0.15) is 4.31 Å². The lowest BCUT2D eigenvalue weighted by atomic mass is 10.0. The minimum absolute atomic E-state index is 0.241. The highest BCUT2D eigenvalue weighted by Gasteiger charge is 2.31. The Balaban J connectivity index is 4.35. The van der Waals surface area contributed by atoms with E-state index in [0.29, 0.717) is 0 Å². The van der Waals surface area contributed by atoms with E-state index < -0.39 is 15.6 Å². The molecule has 130 valence electrons. The second-order valence-corrected chi connectivity index (χ2v) is 7.72. The first kappa shape index (κ1) is 21.7. The summed E-state index contributed by atoms with van der Waals surface area (Å²) in [7, 11) is -9.81. The zero-order valence-corrected chi connectivity index (χ0v) is 15.1. The van der Waals surface area contributed by atoms with Gasteiger partial charge in [-0.05, 0) is 32.6 Å². The SMILES string of the molecule is CCC/C(C)=C/CC/C(=C/COP(=O)(O)OP(=O)(O)O)CC. The van der Waals surface area contributed by atoms with Crippen LogP contribution in [0.3, 0.4) is 0 Å². The fourth-order valence-electron chi connectivity index (χ4n) is 1.83. The molecule has 0 spiro atoms. The van der Waals surface area contributed by atoms with Gasteiger partial charge in [0.15, 0.2) is 0 Å². The molecule has 0 radical (unpaired) electrons. The van der Waals surface area contributed by atoms with Crippen LogP contribution in [0.15, 0.2) is 23.3 Å². The summed E-state index contributed by atoms with van der Waals surface area (Å²) in [6, 6.07) is 0. The summed E-state index contributed by atoms with van der Waals surface area (Å²) in [5.41, 5.74) is 2.38. The van der Waals surface area contributed by atoms with E-state index in [-0.39, 0.29) is 6.61 Å². The molecule has 0 saturated heterocycles. The zero-order chi connectivity index (χ0) is 17.2. The van der Waals surface area contributed by atoms with Gasteiger partial charge in [-0.3, -0.25) is 4.52 Å². The zero-order valence-electron chi connectivity index (χ0n) is 13.3. The predicted molar refractivity (Wildman–Crippen MR) is 85.2 cm³/mol. The molecule has 7 nitrogen and oxygen atoms in total. The van der Waals surface area contributed by atoms with E-state index in [9.17, 15) is 9.13 Å². The summed E-state index contributed by atoms with van der Waals surface area (Å²) in [6.45, 7) is 5.93. The van der Waals surface area contributed by atoms with Crippen molar-refractivity contribution < 1.29 is 32.6 Å². The van der Waals surface area contributed by atoms with Crippen molar-refractivity contribution in [3.8, 4) is 0 Å². The molecule has 0 aromatic heterocycles. The second-order valence-electron chi connectivity index (χ2n) is 4.89. The van der Waals surface area contributed by atoms with Gasteiger partial charge in [0.2, 0.25) is 0 Å². The van der Waals surface area contributed by atoms with E-state index in [2.05, 4.69) is 28.8 Å². The molecule has 0 aromatic carbocycles. The molecule has 9 heteroatoms. The Kier molecular flexibility index (Phi) is 10.4. The summed E-state index contributed by atoms with van der Waals surface area (Å²) in [5, 5.41) is 0. The van der Waals surface area contributed by atoms with Crippen LogP contribution in [-0.2, 0) is 18.0 Å². The molecule has 0 amide bonds. The molecule has 0 saturated carbocycles. The number of hydrogen-bond donors (Lipinski definition) is 3. The third kappa shape index (κ3) is 12.3. The third-order valence-corrected chi connectivity index (χ3v) is 5.03. The van der Waals surface area contributed by atoms with Gasteiger partial charge in [0.1, 0.15) is 0 Å². The first-order valence-corrected chi connectivity index (χ1v) is 10.2. The fourth-order valence-corrected chi connectivity index (χ4v) is 3.36. The van der Waals surface area contributed by atoms with Crippen molar-refractivity contribution in [2.45, 2.75) is 52.9 Å². The average molecular weight is 356 g/mol. The van der Waals surface area contributed by atoms with Crippen molar-refractivity contribution in [2.75, 3.05) is 6.61 Å². The Hall–Kier alpha value is -0.260. The quantitative estimate of drug-likeness (QED) is 0.378. The molecular weight excluding hydrogens is 330 g/mol. The standard InChI is InChI=1S/C13H26O7P2/c1-4-7-12(3)8-6-9-13(5-2)10-11-19-22(17,18)20-21(14,15)16/h8,10H,4-7,9,11H2,1-3H3,(H,17,18)(H2,14,15,16)/b12-8+,13-10+. The van der Waals surface area contributed by atoms with Gasteiger partial charge < -0.3 is 14.7 Å². The lowest BCUT2D eigenvalue weighted by molar-refractivity contribution is 0.191. The van der Waals surface area contributed by atoms with Gasteiger partial charge in [0.05, 0.1) is 6.61 Å². The van der Waals surface area contributed by atoms with Crippen LogP contribution in [-0.4, -0.2) is 21.3 Å². The molecule has 0 rings (SSSR count). The van der Waals surface area contributed by atoms with Crippen LogP contribution < -0.4 is 0 Å². The van der Waals surface area contributed by atoms with Crippen LogP contribution in [0.4, 0.5) is 0 Å². The lowest BCUT2D eigenvalue weighted by Gasteiger charge is -2.11. The molecule has 1 unspecified atom stereocenters. The summed E-state index contributed by atoms with van der Waals surface area (Å²) in [4.78, 5) is 26.1. The monoisotopic (exact) mass is 356 g/mol. The third-order valence-electron chi connectivity index (χ3n) is 2.88. The van der Waals surface area contributed by atoms with E-state index in [4.69, 9.17) is 14.7 Å². The topological polar surface area (TPSA) is 113 Å². The molecule has 0 aromatic rings. The number of phosphoric ester groups is 1. The van der Waals surface area contributed by atoms with E-state index >= 15 is 0 Å². The van der Waals surface area contributed by atoms with Gasteiger partial charge in [0, 0.05) is 0 Å². The summed E-state index contributed by atoms with van der Waals surface area (Å²) < 4.78 is 30.0. The number of allylic oxidation sites excluding steroid dienone is 3. The summed E-state index contributed by atoms with van der Waals surface area (Å²) >= 11 is 0. The molecule has 1 atom stereocenters. The molecule has 3 N–H and O–H groups in total. The van der Waals surface area contributed by atoms with Gasteiger partial charge in [-0.1, -0.05) is 43.6 Å². The molecule has 0 fully saturated rings. The highest BCUT2D eigenvalue weighted by atomic mass is 31.3. The van der Waals surface area contributed by atoms with Crippen LogP contribution in [0.5, 0.6) is 0 Å². The Morgan fingerprint density at radius 3 is 2.23 bits per heavy atom. The first-order chi connectivity index (χ1) is 10.1. The highest BCUT2D eigenvalue weighted by molar-refractivity contribution is 7.60. The largest absolute Gasteiger partial charge is 0.481 e. The van der Waals surface area contributed by atoms with Gasteiger partial charge in [-0.15, -0.1) is 0 Å². The van der Waals surface area contributed by atoms with Gasteiger partial charge in [-0.25, -0.2) is 9.13 Å². The maximum absolute atomic E-state index is 11.3. The molecular formula is C13H26O7P2. The van der Waals surface area contributed by atoms with Gasteiger partial charge in [0.25, 0.3) is 0 Å². The fraction of sp³-hybridized carbons (Fsp3) is 0.692. The molecule has 0 aliphatic carbocycles. The van der Waals surface area contributed by atoms with Crippen LogP contribution in [0.1, 0.15) is 52.9 Å². The lowest BCUT2D eigenvalue weighted by Crippen LogP contribution is -1.95. The normalized spacial score (nSPS) is 16.6. The molecule has 22 heavy (non-hydrogen) atoms. The van der Waals surface area contributed by atoms with Crippen molar-refractivity contribution in [3.63, 3.8) is 0 Å². The maximum atomic E-state index is 11.3. The maximum Gasteiger partial charge on any atom is 0.481 e. The van der Waals surface area contributed by atoms with Crippen molar-refractivity contribution in [3.05, 3.63) is 23.3 Å². The number of rotatable bonds is 11. The summed E-state index contributed by atoms with van der Waals surface area (Å²) in [5.74, 6) is 0. The Labute approximate surface area is 131 Å². The Morgan fingerprint density at radius 2 is 1.73 bits per heavy atom. The smallest absolute Gasteiger partial charge is 0.302 e. The molecule has 0 bridgehead atoms. The Morgan fingerprint density at radius 1 is 1.09 bits per heavy atom. The van der Waals surface area contributed by atoms with Crippen LogP contribution >= 0.6 is 15.6 Å². The van der Waals surface area contributed by atoms with Crippen molar-refractivity contribution in [1.29, 1.82) is 0 Å². The van der Waals surface area contributed by atoms with Crippen molar-refractivity contribution in [1.82, 2.24) is 0 Å². The minimum Gasteiger partial charge on any atom is -0.302 e. The van der Waals surface area contributed by atoms with Crippen LogP contribution in [0, 0.1) is 0 Å². The minimum atomic E-state index is -5.06. The van der Waals surface area contributed by atoms with Crippen LogP contribution in [0.25, 0.3) is 0 Å². The second kappa shape index (κ2) is 10.5. The molecule has 0 aliphatic heterocycles. The van der Waals surface area contributed by atoms with Gasteiger partial charge >= 0.3 is 15.6 Å². The molecule has 0 aliphatic rings. The van der Waals surface area contributed by atoms with Crippen molar-refractivity contribution in [2.24, 2.45) is 0 Å². The van der Waals surface area contributed by atoms with E-state index in [1.807, 2.05) is 6.92 Å². The van der Waals surface area contributed by atoms with E-state index in [1.54, 1.807) is 6.08 Å². The predicted octanol–water partition coefficient (Wildman–Crippen LogP) is 4.08. The van der Waals surface area contributed by atoms with Crippen molar-refractivity contribution >= 4 is 15.6 Å². The number of phosphoric acid groups is 2. The number of hydrogen-bond acceptors (Lipinski definition) is 4. The van der Waals surface area contributed by atoms with Crippen LogP contribution in [0.2, 0.25) is 0 Å². The average Bonchev–Trinajstić information content (AvgIpc) is 2.34. The Bertz CT molecular complexity index is 479. The summed E-state index contributed by atoms with van der Waals surface area (Å²) in [6.07, 6.45) is 8.42.